The van der Waals surface area contributed by atoms with E-state index in [2.05, 4.69) is 162 Å². The van der Waals surface area contributed by atoms with Crippen LogP contribution in [0.5, 0.6) is 11.5 Å². The van der Waals surface area contributed by atoms with Crippen molar-refractivity contribution in [3.63, 3.8) is 0 Å². The first-order chi connectivity index (χ1) is 20.7. The molecule has 42 heavy (non-hydrogen) atoms. The molecule has 0 bridgehead atoms. The summed E-state index contributed by atoms with van der Waals surface area (Å²) in [5, 5.41) is 0. The van der Waals surface area contributed by atoms with Crippen LogP contribution in [0.3, 0.4) is 0 Å². The first-order valence-electron chi connectivity index (χ1n) is 14.2. The minimum Gasteiger partial charge on any atom is -0.453 e. The molecule has 0 atom stereocenters. The van der Waals surface area contributed by atoms with Gasteiger partial charge in [0.1, 0.15) is 0 Å². The molecule has 0 saturated carbocycles. The van der Waals surface area contributed by atoms with Gasteiger partial charge < -0.3 is 19.4 Å². The SMILES string of the molecule is Cc1ccc(N(c2ccccc2)c2ccc3c(c2)Oc2cc(N(c4ccccc4)c4ccccc4)ccc2N3C)cc1. The fourth-order valence-electron chi connectivity index (χ4n) is 5.57. The Labute approximate surface area is 247 Å². The summed E-state index contributed by atoms with van der Waals surface area (Å²) in [6, 6.07) is 52.8. The number of fused-ring (bicyclic) bond motifs is 2. The Bertz CT molecular complexity index is 1780. The summed E-state index contributed by atoms with van der Waals surface area (Å²) >= 11 is 0. The summed E-state index contributed by atoms with van der Waals surface area (Å²) in [6.45, 7) is 2.11. The zero-order valence-electron chi connectivity index (χ0n) is 23.7. The zero-order valence-corrected chi connectivity index (χ0v) is 23.7. The zero-order chi connectivity index (χ0) is 28.5. The average Bonchev–Trinajstić information content (AvgIpc) is 3.04. The van der Waals surface area contributed by atoms with Gasteiger partial charge in [0, 0.05) is 53.3 Å². The lowest BCUT2D eigenvalue weighted by molar-refractivity contribution is 0.476. The highest BCUT2D eigenvalue weighted by Crippen LogP contribution is 2.50. The first kappa shape index (κ1) is 25.5. The van der Waals surface area contributed by atoms with Crippen molar-refractivity contribution in [3.8, 4) is 11.5 Å². The van der Waals surface area contributed by atoms with E-state index in [4.69, 9.17) is 4.74 Å². The van der Waals surface area contributed by atoms with Crippen molar-refractivity contribution in [3.05, 3.63) is 157 Å². The molecule has 0 saturated heterocycles. The third-order valence-electron chi connectivity index (χ3n) is 7.68. The molecule has 0 aliphatic carbocycles. The van der Waals surface area contributed by atoms with Crippen LogP contribution in [0, 0.1) is 6.92 Å². The molecular weight excluding hydrogens is 514 g/mol. The quantitative estimate of drug-likeness (QED) is 0.207. The molecule has 0 radical (unpaired) electrons. The molecule has 0 amide bonds. The Morgan fingerprint density at radius 2 is 0.786 bits per heavy atom. The van der Waals surface area contributed by atoms with Gasteiger partial charge in [0.05, 0.1) is 11.4 Å². The molecule has 6 aromatic carbocycles. The largest absolute Gasteiger partial charge is 0.453 e. The van der Waals surface area contributed by atoms with Crippen LogP contribution < -0.4 is 19.4 Å². The Balaban J connectivity index is 1.30. The van der Waals surface area contributed by atoms with Crippen LogP contribution in [0.15, 0.2) is 152 Å². The van der Waals surface area contributed by atoms with Gasteiger partial charge in [-0.2, -0.15) is 0 Å². The Morgan fingerprint density at radius 1 is 0.429 bits per heavy atom. The fraction of sp³-hybridized carbons (Fsp3) is 0.0526. The monoisotopic (exact) mass is 545 g/mol. The number of aryl methyl sites for hydroxylation is 1. The van der Waals surface area contributed by atoms with Crippen LogP contribution in [0.4, 0.5) is 45.5 Å². The van der Waals surface area contributed by atoms with E-state index in [1.54, 1.807) is 0 Å². The number of anilines is 8. The summed E-state index contributed by atoms with van der Waals surface area (Å²) < 4.78 is 6.70. The number of hydrogen-bond donors (Lipinski definition) is 0. The predicted octanol–water partition coefficient (Wildman–Crippen LogP) is 10.8. The van der Waals surface area contributed by atoms with E-state index in [0.717, 1.165) is 57.0 Å². The molecule has 7 rings (SSSR count). The second-order valence-corrected chi connectivity index (χ2v) is 10.5. The molecule has 1 aliphatic rings. The normalized spacial score (nSPS) is 11.7. The maximum Gasteiger partial charge on any atom is 0.153 e. The highest BCUT2D eigenvalue weighted by molar-refractivity contribution is 5.86. The molecule has 0 unspecified atom stereocenters. The van der Waals surface area contributed by atoms with Crippen LogP contribution >= 0.6 is 0 Å². The number of para-hydroxylation sites is 3. The van der Waals surface area contributed by atoms with Gasteiger partial charge in [0.15, 0.2) is 11.5 Å². The second-order valence-electron chi connectivity index (χ2n) is 10.5. The summed E-state index contributed by atoms with van der Waals surface area (Å²) in [5.41, 5.74) is 9.72. The lowest BCUT2D eigenvalue weighted by Crippen LogP contribution is -2.17. The third-order valence-corrected chi connectivity index (χ3v) is 7.68. The van der Waals surface area contributed by atoms with Crippen molar-refractivity contribution < 1.29 is 4.74 Å². The number of nitrogens with zero attached hydrogens (tertiary/aromatic N) is 3. The van der Waals surface area contributed by atoms with Gasteiger partial charge in [-0.25, -0.2) is 0 Å². The molecular formula is C38H31N3O. The second kappa shape index (κ2) is 10.8. The molecule has 4 nitrogen and oxygen atoms in total. The summed E-state index contributed by atoms with van der Waals surface area (Å²) in [4.78, 5) is 6.72. The summed E-state index contributed by atoms with van der Waals surface area (Å²) in [5.74, 6) is 1.64. The van der Waals surface area contributed by atoms with Gasteiger partial charge >= 0.3 is 0 Å². The molecule has 0 spiro atoms. The van der Waals surface area contributed by atoms with Crippen LogP contribution in [0.1, 0.15) is 5.56 Å². The topological polar surface area (TPSA) is 19.0 Å². The molecule has 0 fully saturated rings. The van der Waals surface area contributed by atoms with Gasteiger partial charge in [-0.1, -0.05) is 72.3 Å². The van der Waals surface area contributed by atoms with E-state index < -0.39 is 0 Å². The van der Waals surface area contributed by atoms with Crippen LogP contribution in [-0.4, -0.2) is 7.05 Å². The molecule has 1 heterocycles. The molecule has 0 N–H and O–H groups in total. The third kappa shape index (κ3) is 4.73. The number of hydrogen-bond acceptors (Lipinski definition) is 4. The Kier molecular flexibility index (Phi) is 6.57. The van der Waals surface area contributed by atoms with Gasteiger partial charge in [-0.05, 0) is 79.7 Å². The molecule has 204 valence electrons. The number of rotatable bonds is 6. The van der Waals surface area contributed by atoms with E-state index in [1.807, 2.05) is 18.2 Å². The van der Waals surface area contributed by atoms with E-state index in [1.165, 1.54) is 5.56 Å². The van der Waals surface area contributed by atoms with Gasteiger partial charge in [0.2, 0.25) is 0 Å². The first-order valence-corrected chi connectivity index (χ1v) is 14.2. The molecule has 6 aromatic rings. The lowest BCUT2D eigenvalue weighted by Gasteiger charge is -2.33. The fourth-order valence-corrected chi connectivity index (χ4v) is 5.57. The van der Waals surface area contributed by atoms with E-state index in [0.29, 0.717) is 0 Å². The highest BCUT2D eigenvalue weighted by atomic mass is 16.5. The van der Waals surface area contributed by atoms with E-state index in [9.17, 15) is 0 Å². The Morgan fingerprint density at radius 3 is 1.19 bits per heavy atom. The highest BCUT2D eigenvalue weighted by Gasteiger charge is 2.25. The van der Waals surface area contributed by atoms with Gasteiger partial charge in [-0.3, -0.25) is 0 Å². The van der Waals surface area contributed by atoms with Gasteiger partial charge in [0.25, 0.3) is 0 Å². The van der Waals surface area contributed by atoms with Crippen molar-refractivity contribution in [1.82, 2.24) is 0 Å². The Hall–Kier alpha value is -5.48. The van der Waals surface area contributed by atoms with Crippen LogP contribution in [0.2, 0.25) is 0 Å². The lowest BCUT2D eigenvalue weighted by atomic mass is 10.1. The summed E-state index contributed by atoms with van der Waals surface area (Å²) in [6.07, 6.45) is 0. The van der Waals surface area contributed by atoms with E-state index in [-0.39, 0.29) is 0 Å². The van der Waals surface area contributed by atoms with Crippen molar-refractivity contribution >= 4 is 45.5 Å². The van der Waals surface area contributed by atoms with Crippen molar-refractivity contribution in [2.45, 2.75) is 6.92 Å². The van der Waals surface area contributed by atoms with Gasteiger partial charge in [-0.15, -0.1) is 0 Å². The maximum absolute atomic E-state index is 6.70. The minimum atomic E-state index is 0.818. The van der Waals surface area contributed by atoms with Crippen molar-refractivity contribution in [2.24, 2.45) is 0 Å². The average molecular weight is 546 g/mol. The molecule has 1 aliphatic heterocycles. The van der Waals surface area contributed by atoms with E-state index >= 15 is 0 Å². The predicted molar refractivity (Wildman–Crippen MR) is 175 cm³/mol. The maximum atomic E-state index is 6.70. The van der Waals surface area contributed by atoms with Crippen LogP contribution in [-0.2, 0) is 0 Å². The minimum absolute atomic E-state index is 0.818. The standard InChI is InChI=1S/C38H31N3O/c1-28-18-20-32(21-19-28)41(31-16-10-5-11-17-31)34-23-25-36-38(27-34)42-37-26-33(22-24-35(37)39(36)2)40(29-12-6-3-7-13-29)30-14-8-4-9-15-30/h3-27H,1-2H3. The number of ether oxygens (including phenoxy) is 1. The smallest absolute Gasteiger partial charge is 0.153 e. The number of benzene rings is 6. The molecule has 0 aromatic heterocycles. The summed E-state index contributed by atoms with van der Waals surface area (Å²) in [7, 11) is 2.10. The van der Waals surface area contributed by atoms with Crippen molar-refractivity contribution in [2.75, 3.05) is 21.7 Å². The van der Waals surface area contributed by atoms with Crippen molar-refractivity contribution in [1.29, 1.82) is 0 Å². The van der Waals surface area contributed by atoms with Crippen LogP contribution in [0.25, 0.3) is 0 Å². The molecule has 4 heteroatoms.